The number of nitrogens with one attached hydrogen (secondary N) is 1. The first-order valence-corrected chi connectivity index (χ1v) is 5.35. The molecule has 3 heterocycles. The number of aliphatic hydroxyl groups excluding tert-OH is 1. The van der Waals surface area contributed by atoms with E-state index in [-0.39, 0.29) is 0 Å². The van der Waals surface area contributed by atoms with Crippen molar-refractivity contribution in [1.29, 1.82) is 0 Å². The lowest BCUT2D eigenvalue weighted by Gasteiger charge is -2.08. The maximum absolute atomic E-state index is 10.2. The lowest BCUT2D eigenvalue weighted by molar-refractivity contribution is 0.206. The Morgan fingerprint density at radius 1 is 1.35 bits per heavy atom. The van der Waals surface area contributed by atoms with Crippen LogP contribution in [-0.4, -0.2) is 24.9 Å². The molecule has 0 fully saturated rings. The summed E-state index contributed by atoms with van der Waals surface area (Å²) in [6.07, 6.45) is 2.69. The van der Waals surface area contributed by atoms with Crippen molar-refractivity contribution in [3.05, 3.63) is 48.0 Å². The summed E-state index contributed by atoms with van der Waals surface area (Å²) in [6, 6.07) is 7.44. The molecule has 0 aromatic carbocycles. The molecule has 3 aromatic heterocycles. The van der Waals surface area contributed by atoms with E-state index in [4.69, 9.17) is 0 Å². The standard InChI is InChI=1S/C12H12N4O/c1-16-11(4-6-14-16)12(17)10-7-9-8(15-10)3-2-5-13-9/h2-7,12,15,17H,1H3. The van der Waals surface area contributed by atoms with Crippen molar-refractivity contribution in [2.24, 2.45) is 7.05 Å². The van der Waals surface area contributed by atoms with Crippen molar-refractivity contribution in [3.8, 4) is 0 Å². The molecule has 86 valence electrons. The SMILES string of the molecule is Cn1nccc1C(O)c1cc2ncccc2[nH]1. The molecule has 1 atom stereocenters. The maximum atomic E-state index is 10.2. The van der Waals surface area contributed by atoms with E-state index in [9.17, 15) is 5.11 Å². The molecule has 0 aliphatic carbocycles. The summed E-state index contributed by atoms with van der Waals surface area (Å²) in [7, 11) is 1.81. The van der Waals surface area contributed by atoms with E-state index in [1.54, 1.807) is 30.2 Å². The highest BCUT2D eigenvalue weighted by Gasteiger charge is 2.16. The van der Waals surface area contributed by atoms with E-state index >= 15 is 0 Å². The zero-order valence-electron chi connectivity index (χ0n) is 9.33. The number of aromatic nitrogens is 4. The highest BCUT2D eigenvalue weighted by molar-refractivity contribution is 5.75. The Bertz CT molecular complexity index is 622. The first-order chi connectivity index (χ1) is 8.25. The number of aromatic amines is 1. The van der Waals surface area contributed by atoms with Crippen LogP contribution in [0.2, 0.25) is 0 Å². The predicted molar refractivity (Wildman–Crippen MR) is 63.4 cm³/mol. The summed E-state index contributed by atoms with van der Waals surface area (Å²) in [4.78, 5) is 7.38. The number of pyridine rings is 1. The van der Waals surface area contributed by atoms with Crippen LogP contribution < -0.4 is 0 Å². The van der Waals surface area contributed by atoms with Gasteiger partial charge in [0.15, 0.2) is 0 Å². The fourth-order valence-corrected chi connectivity index (χ4v) is 1.94. The molecule has 0 radical (unpaired) electrons. The van der Waals surface area contributed by atoms with Gasteiger partial charge in [-0.2, -0.15) is 5.10 Å². The van der Waals surface area contributed by atoms with Gasteiger partial charge in [0.05, 0.1) is 22.4 Å². The van der Waals surface area contributed by atoms with E-state index in [1.807, 2.05) is 18.2 Å². The van der Waals surface area contributed by atoms with Gasteiger partial charge >= 0.3 is 0 Å². The Labute approximate surface area is 97.7 Å². The van der Waals surface area contributed by atoms with Crippen molar-refractivity contribution in [2.75, 3.05) is 0 Å². The van der Waals surface area contributed by atoms with E-state index in [0.717, 1.165) is 22.4 Å². The third-order valence-electron chi connectivity index (χ3n) is 2.84. The first-order valence-electron chi connectivity index (χ1n) is 5.35. The van der Waals surface area contributed by atoms with E-state index in [1.165, 1.54) is 0 Å². The summed E-state index contributed by atoms with van der Waals surface area (Å²) in [5, 5.41) is 14.3. The van der Waals surface area contributed by atoms with Crippen LogP contribution in [0.25, 0.3) is 11.0 Å². The quantitative estimate of drug-likeness (QED) is 0.696. The number of nitrogens with zero attached hydrogens (tertiary/aromatic N) is 3. The topological polar surface area (TPSA) is 66.7 Å². The second-order valence-electron chi connectivity index (χ2n) is 3.94. The minimum absolute atomic E-state index is 0.711. The number of fused-ring (bicyclic) bond motifs is 1. The highest BCUT2D eigenvalue weighted by atomic mass is 16.3. The summed E-state index contributed by atoms with van der Waals surface area (Å²) in [5.41, 5.74) is 3.24. The van der Waals surface area contributed by atoms with Gasteiger partial charge in [-0.15, -0.1) is 0 Å². The van der Waals surface area contributed by atoms with Crippen LogP contribution in [0, 0.1) is 0 Å². The molecule has 5 heteroatoms. The van der Waals surface area contributed by atoms with Crippen molar-refractivity contribution in [3.63, 3.8) is 0 Å². The lowest BCUT2D eigenvalue weighted by Crippen LogP contribution is -2.06. The van der Waals surface area contributed by atoms with Gasteiger partial charge in [0.2, 0.25) is 0 Å². The van der Waals surface area contributed by atoms with Gasteiger partial charge in [0.1, 0.15) is 6.10 Å². The molecule has 0 spiro atoms. The number of hydrogen-bond acceptors (Lipinski definition) is 3. The second kappa shape index (κ2) is 3.71. The van der Waals surface area contributed by atoms with Crippen molar-refractivity contribution in [1.82, 2.24) is 19.7 Å². The van der Waals surface area contributed by atoms with E-state index in [0.29, 0.717) is 0 Å². The van der Waals surface area contributed by atoms with Gasteiger partial charge in [0.25, 0.3) is 0 Å². The largest absolute Gasteiger partial charge is 0.381 e. The summed E-state index contributed by atoms with van der Waals surface area (Å²) >= 11 is 0. The summed E-state index contributed by atoms with van der Waals surface area (Å²) < 4.78 is 1.66. The van der Waals surface area contributed by atoms with Crippen LogP contribution in [-0.2, 0) is 7.05 Å². The van der Waals surface area contributed by atoms with Gasteiger partial charge in [-0.1, -0.05) is 0 Å². The van der Waals surface area contributed by atoms with Crippen molar-refractivity contribution >= 4 is 11.0 Å². The van der Waals surface area contributed by atoms with Gasteiger partial charge < -0.3 is 10.1 Å². The summed E-state index contributed by atoms with van der Waals surface area (Å²) in [5.74, 6) is 0. The molecular weight excluding hydrogens is 216 g/mol. The Kier molecular flexibility index (Phi) is 2.19. The number of aliphatic hydroxyl groups is 1. The smallest absolute Gasteiger partial charge is 0.135 e. The Morgan fingerprint density at radius 2 is 2.24 bits per heavy atom. The number of hydrogen-bond donors (Lipinski definition) is 2. The van der Waals surface area contributed by atoms with Crippen LogP contribution in [0.4, 0.5) is 0 Å². The molecule has 3 rings (SSSR count). The molecule has 0 aliphatic heterocycles. The third kappa shape index (κ3) is 1.60. The van der Waals surface area contributed by atoms with Crippen LogP contribution in [0.15, 0.2) is 36.7 Å². The maximum Gasteiger partial charge on any atom is 0.135 e. The van der Waals surface area contributed by atoms with Crippen LogP contribution in [0.1, 0.15) is 17.5 Å². The van der Waals surface area contributed by atoms with Gasteiger partial charge in [0, 0.05) is 19.4 Å². The van der Waals surface area contributed by atoms with Crippen LogP contribution in [0.3, 0.4) is 0 Å². The van der Waals surface area contributed by atoms with Crippen molar-refractivity contribution < 1.29 is 5.11 Å². The third-order valence-corrected chi connectivity index (χ3v) is 2.84. The molecule has 0 saturated carbocycles. The average Bonchev–Trinajstić information content (AvgIpc) is 2.93. The molecule has 0 saturated heterocycles. The van der Waals surface area contributed by atoms with Gasteiger partial charge in [-0.3, -0.25) is 9.67 Å². The average molecular weight is 228 g/mol. The monoisotopic (exact) mass is 228 g/mol. The minimum atomic E-state index is -0.711. The lowest BCUT2D eigenvalue weighted by atomic mass is 10.2. The van der Waals surface area contributed by atoms with Gasteiger partial charge in [-0.05, 0) is 24.3 Å². The van der Waals surface area contributed by atoms with Gasteiger partial charge in [-0.25, -0.2) is 0 Å². The fraction of sp³-hybridized carbons (Fsp3) is 0.167. The fourth-order valence-electron chi connectivity index (χ4n) is 1.94. The predicted octanol–water partition coefficient (Wildman–Crippen LogP) is 1.38. The minimum Gasteiger partial charge on any atom is -0.381 e. The normalized spacial score (nSPS) is 13.1. The van der Waals surface area contributed by atoms with E-state index in [2.05, 4.69) is 15.1 Å². The van der Waals surface area contributed by atoms with Crippen LogP contribution >= 0.6 is 0 Å². The zero-order valence-corrected chi connectivity index (χ0v) is 9.33. The molecule has 17 heavy (non-hydrogen) atoms. The molecule has 0 bridgehead atoms. The summed E-state index contributed by atoms with van der Waals surface area (Å²) in [6.45, 7) is 0. The van der Waals surface area contributed by atoms with Crippen molar-refractivity contribution in [2.45, 2.75) is 6.10 Å². The first kappa shape index (κ1) is 10.0. The Morgan fingerprint density at radius 3 is 2.94 bits per heavy atom. The highest BCUT2D eigenvalue weighted by Crippen LogP contribution is 2.23. The molecule has 5 nitrogen and oxygen atoms in total. The number of H-pyrrole nitrogens is 1. The number of rotatable bonds is 2. The molecule has 2 N–H and O–H groups in total. The Hall–Kier alpha value is -2.14. The molecule has 3 aromatic rings. The molecular formula is C12H12N4O. The molecule has 0 amide bonds. The second-order valence-corrected chi connectivity index (χ2v) is 3.94. The Balaban J connectivity index is 2.07. The van der Waals surface area contributed by atoms with Crippen LogP contribution in [0.5, 0.6) is 0 Å². The van der Waals surface area contributed by atoms with E-state index < -0.39 is 6.10 Å². The molecule has 1 unspecified atom stereocenters. The number of aryl methyl sites for hydroxylation is 1. The zero-order chi connectivity index (χ0) is 11.8. The molecule has 0 aliphatic rings.